The summed E-state index contributed by atoms with van der Waals surface area (Å²) in [6.07, 6.45) is 0. The Bertz CT molecular complexity index is 259. The first kappa shape index (κ1) is 14.1. The van der Waals surface area contributed by atoms with Gasteiger partial charge >= 0.3 is 0 Å². The summed E-state index contributed by atoms with van der Waals surface area (Å²) in [7, 11) is 0. The Morgan fingerprint density at radius 2 is 1.40 bits per heavy atom. The predicted molar refractivity (Wildman–Crippen MR) is 61.5 cm³/mol. The number of nitrogens with one attached hydrogen (secondary N) is 1. The first-order chi connectivity index (χ1) is 6.48. The molecule has 0 aromatic rings. The van der Waals surface area contributed by atoms with E-state index in [0.717, 1.165) is 0 Å². The van der Waals surface area contributed by atoms with Crippen molar-refractivity contribution in [3.05, 3.63) is 0 Å². The smallest absolute Gasteiger partial charge is 0.233 e. The van der Waals surface area contributed by atoms with E-state index < -0.39 is 5.41 Å². The zero-order valence-corrected chi connectivity index (χ0v) is 10.9. The quantitative estimate of drug-likeness (QED) is 0.730. The number of hydrogen-bond acceptors (Lipinski definition) is 2. The molecular formula is C12H23NO2. The van der Waals surface area contributed by atoms with E-state index in [0.29, 0.717) is 0 Å². The van der Waals surface area contributed by atoms with Gasteiger partial charge in [0.1, 0.15) is 11.2 Å². The van der Waals surface area contributed by atoms with Crippen LogP contribution in [0.15, 0.2) is 0 Å². The highest BCUT2D eigenvalue weighted by Crippen LogP contribution is 2.22. The zero-order chi connectivity index (χ0) is 12.4. The van der Waals surface area contributed by atoms with E-state index in [4.69, 9.17) is 0 Å². The lowest BCUT2D eigenvalue weighted by Gasteiger charge is -2.29. The van der Waals surface area contributed by atoms with Gasteiger partial charge in [0.2, 0.25) is 5.91 Å². The van der Waals surface area contributed by atoms with E-state index >= 15 is 0 Å². The molecule has 0 aromatic heterocycles. The summed E-state index contributed by atoms with van der Waals surface area (Å²) in [6, 6.07) is 0. The molecule has 3 nitrogen and oxygen atoms in total. The van der Waals surface area contributed by atoms with Crippen LogP contribution < -0.4 is 5.32 Å². The molecule has 1 amide bonds. The molecular weight excluding hydrogens is 190 g/mol. The third-order valence-electron chi connectivity index (χ3n) is 2.20. The van der Waals surface area contributed by atoms with Crippen LogP contribution in [0.25, 0.3) is 0 Å². The number of amides is 1. The molecule has 15 heavy (non-hydrogen) atoms. The van der Waals surface area contributed by atoms with Crippen molar-refractivity contribution in [1.82, 2.24) is 5.32 Å². The summed E-state index contributed by atoms with van der Waals surface area (Å²) < 4.78 is 0. The molecule has 0 heterocycles. The Balaban J connectivity index is 4.75. The molecule has 88 valence electrons. The van der Waals surface area contributed by atoms with Gasteiger partial charge in [-0.3, -0.25) is 9.59 Å². The fraction of sp³-hybridized carbons (Fsp3) is 0.833. The summed E-state index contributed by atoms with van der Waals surface area (Å²) >= 11 is 0. The van der Waals surface area contributed by atoms with Gasteiger partial charge in [0.25, 0.3) is 0 Å². The van der Waals surface area contributed by atoms with Crippen molar-refractivity contribution in [2.75, 3.05) is 0 Å². The number of carbonyl (C=O) groups excluding carboxylic acids is 2. The maximum atomic E-state index is 11.9. The lowest BCUT2D eigenvalue weighted by molar-refractivity contribution is -0.142. The van der Waals surface area contributed by atoms with E-state index in [1.54, 1.807) is 13.8 Å². The third-order valence-corrected chi connectivity index (χ3v) is 2.20. The van der Waals surface area contributed by atoms with Gasteiger partial charge in [0.05, 0.1) is 0 Å². The normalized spacial score (nSPS) is 12.8. The van der Waals surface area contributed by atoms with Crippen LogP contribution in [0.2, 0.25) is 0 Å². The van der Waals surface area contributed by atoms with Crippen LogP contribution in [0.1, 0.15) is 48.5 Å². The second-order valence-corrected chi connectivity index (χ2v) is 5.85. The van der Waals surface area contributed by atoms with Gasteiger partial charge < -0.3 is 5.32 Å². The van der Waals surface area contributed by atoms with Gasteiger partial charge in [0.15, 0.2) is 0 Å². The average Bonchev–Trinajstić information content (AvgIpc) is 1.99. The minimum Gasteiger partial charge on any atom is -0.351 e. The van der Waals surface area contributed by atoms with E-state index in [1.165, 1.54) is 0 Å². The van der Waals surface area contributed by atoms with E-state index in [9.17, 15) is 9.59 Å². The number of hydrogen-bond donors (Lipinski definition) is 1. The lowest BCUT2D eigenvalue weighted by atomic mass is 9.81. The lowest BCUT2D eigenvalue weighted by Crippen LogP contribution is -2.50. The number of rotatable bonds is 3. The van der Waals surface area contributed by atoms with Crippen molar-refractivity contribution in [3.8, 4) is 0 Å². The standard InChI is InChI=1S/C12H23NO2/c1-8(2)9(14)12(6,7)10(15)13-11(3,4)5/h8H,1-7H3,(H,13,15). The fourth-order valence-corrected chi connectivity index (χ4v) is 1.33. The highest BCUT2D eigenvalue weighted by molar-refractivity contribution is 6.06. The minimum absolute atomic E-state index is 0.0238. The van der Waals surface area contributed by atoms with E-state index in [-0.39, 0.29) is 23.1 Å². The molecule has 1 N–H and O–H groups in total. The molecule has 3 heteroatoms. The van der Waals surface area contributed by atoms with Gasteiger partial charge in [-0.25, -0.2) is 0 Å². The van der Waals surface area contributed by atoms with Crippen molar-refractivity contribution >= 4 is 11.7 Å². The van der Waals surface area contributed by atoms with Gasteiger partial charge in [-0.15, -0.1) is 0 Å². The molecule has 0 radical (unpaired) electrons. The van der Waals surface area contributed by atoms with Crippen LogP contribution >= 0.6 is 0 Å². The summed E-state index contributed by atoms with van der Waals surface area (Å²) in [5, 5.41) is 2.84. The molecule has 0 aromatic carbocycles. The molecule has 0 fully saturated rings. The molecule has 0 aliphatic rings. The molecule has 0 spiro atoms. The SMILES string of the molecule is CC(C)C(=O)C(C)(C)C(=O)NC(C)(C)C. The van der Waals surface area contributed by atoms with E-state index in [2.05, 4.69) is 5.32 Å². The highest BCUT2D eigenvalue weighted by Gasteiger charge is 2.38. The molecule has 0 unspecified atom stereocenters. The van der Waals surface area contributed by atoms with Crippen LogP contribution in [0, 0.1) is 11.3 Å². The summed E-state index contributed by atoms with van der Waals surface area (Å²) in [4.78, 5) is 23.7. The van der Waals surface area contributed by atoms with Gasteiger partial charge in [0, 0.05) is 11.5 Å². The fourth-order valence-electron chi connectivity index (χ4n) is 1.33. The molecule has 0 saturated heterocycles. The Labute approximate surface area is 92.6 Å². The van der Waals surface area contributed by atoms with Crippen LogP contribution in [0.3, 0.4) is 0 Å². The highest BCUT2D eigenvalue weighted by atomic mass is 16.2. The largest absolute Gasteiger partial charge is 0.351 e. The molecule has 0 rings (SSSR count). The maximum absolute atomic E-state index is 11.9. The van der Waals surface area contributed by atoms with Crippen LogP contribution in [0.4, 0.5) is 0 Å². The average molecular weight is 213 g/mol. The number of ketones is 1. The van der Waals surface area contributed by atoms with Crippen LogP contribution in [-0.4, -0.2) is 17.2 Å². The Morgan fingerprint density at radius 3 is 1.67 bits per heavy atom. The van der Waals surface area contributed by atoms with Crippen molar-refractivity contribution in [3.63, 3.8) is 0 Å². The van der Waals surface area contributed by atoms with Crippen molar-refractivity contribution in [2.24, 2.45) is 11.3 Å². The summed E-state index contributed by atoms with van der Waals surface area (Å²) in [6.45, 7) is 12.7. The minimum atomic E-state index is -0.943. The van der Waals surface area contributed by atoms with Gasteiger partial charge in [-0.05, 0) is 34.6 Å². The summed E-state index contributed by atoms with van der Waals surface area (Å²) in [5.41, 5.74) is -1.24. The van der Waals surface area contributed by atoms with Crippen LogP contribution in [-0.2, 0) is 9.59 Å². The Hall–Kier alpha value is -0.860. The molecule has 0 bridgehead atoms. The molecule has 0 atom stereocenters. The van der Waals surface area contributed by atoms with Crippen molar-refractivity contribution in [1.29, 1.82) is 0 Å². The molecule has 0 aliphatic heterocycles. The monoisotopic (exact) mass is 213 g/mol. The van der Waals surface area contributed by atoms with Gasteiger partial charge in [-0.1, -0.05) is 13.8 Å². The van der Waals surface area contributed by atoms with Crippen molar-refractivity contribution in [2.45, 2.75) is 54.0 Å². The molecule has 0 saturated carbocycles. The second kappa shape index (κ2) is 4.33. The van der Waals surface area contributed by atoms with Gasteiger partial charge in [-0.2, -0.15) is 0 Å². The molecule has 0 aliphatic carbocycles. The Kier molecular flexibility index (Phi) is 4.08. The van der Waals surface area contributed by atoms with E-state index in [1.807, 2.05) is 34.6 Å². The number of Topliss-reactive ketones (excluding diaryl/α,β-unsaturated/α-hetero) is 1. The zero-order valence-electron chi connectivity index (χ0n) is 10.9. The summed E-state index contributed by atoms with van der Waals surface area (Å²) in [5.74, 6) is -0.344. The topological polar surface area (TPSA) is 46.2 Å². The second-order valence-electron chi connectivity index (χ2n) is 5.85. The predicted octanol–water partition coefficient (Wildman–Crippen LogP) is 2.15. The maximum Gasteiger partial charge on any atom is 0.233 e. The third kappa shape index (κ3) is 4.02. The number of carbonyl (C=O) groups is 2. The first-order valence-electron chi connectivity index (χ1n) is 5.35. The van der Waals surface area contributed by atoms with Crippen LogP contribution in [0.5, 0.6) is 0 Å². The first-order valence-corrected chi connectivity index (χ1v) is 5.35. The van der Waals surface area contributed by atoms with Crippen molar-refractivity contribution < 1.29 is 9.59 Å². The Morgan fingerprint density at radius 1 is 1.00 bits per heavy atom.